The van der Waals surface area contributed by atoms with E-state index < -0.39 is 0 Å². The normalized spacial score (nSPS) is 22.4. The highest BCUT2D eigenvalue weighted by Crippen LogP contribution is 2.49. The minimum absolute atomic E-state index is 0.147. The monoisotopic (exact) mass is 226 g/mol. The van der Waals surface area contributed by atoms with Gasteiger partial charge in [-0.2, -0.15) is 0 Å². The van der Waals surface area contributed by atoms with Gasteiger partial charge >= 0.3 is 0 Å². The summed E-state index contributed by atoms with van der Waals surface area (Å²) in [4.78, 5) is 12.2. The molecule has 1 aromatic heterocycles. The fourth-order valence-corrected chi connectivity index (χ4v) is 2.39. The van der Waals surface area contributed by atoms with Crippen LogP contribution in [0.4, 0.5) is 0 Å². The Hall–Kier alpha value is -1.83. The van der Waals surface area contributed by atoms with Crippen LogP contribution < -0.4 is 0 Å². The molecule has 1 aliphatic rings. The van der Waals surface area contributed by atoms with Crippen LogP contribution in [-0.2, 0) is 0 Å². The number of carbonyl (C=O) groups excluding carboxylic acids is 1. The number of carbonyl (C=O) groups is 1. The van der Waals surface area contributed by atoms with Crippen molar-refractivity contribution in [1.82, 2.24) is 0 Å². The maximum Gasteiger partial charge on any atom is 0.170 e. The molecule has 2 heteroatoms. The quantitative estimate of drug-likeness (QED) is 0.749. The molecule has 0 aliphatic heterocycles. The second kappa shape index (κ2) is 3.88. The first kappa shape index (κ1) is 10.3. The molecule has 1 heterocycles. The molecule has 2 aromatic rings. The first-order valence-corrected chi connectivity index (χ1v) is 5.90. The number of ketones is 1. The largest absolute Gasteiger partial charge is 0.469 e. The molecule has 0 radical (unpaired) electrons. The van der Waals surface area contributed by atoms with E-state index in [0.29, 0.717) is 5.92 Å². The highest BCUT2D eigenvalue weighted by atomic mass is 16.3. The molecule has 17 heavy (non-hydrogen) atoms. The summed E-state index contributed by atoms with van der Waals surface area (Å²) in [6.45, 7) is 1.84. The van der Waals surface area contributed by atoms with Crippen LogP contribution in [0.3, 0.4) is 0 Å². The topological polar surface area (TPSA) is 30.2 Å². The van der Waals surface area contributed by atoms with Crippen molar-refractivity contribution in [3.63, 3.8) is 0 Å². The summed E-state index contributed by atoms with van der Waals surface area (Å²) in [6.07, 6.45) is 2.55. The van der Waals surface area contributed by atoms with E-state index >= 15 is 0 Å². The molecule has 86 valence electrons. The van der Waals surface area contributed by atoms with Crippen LogP contribution >= 0.6 is 0 Å². The van der Waals surface area contributed by atoms with E-state index in [9.17, 15) is 4.79 Å². The molecule has 0 bridgehead atoms. The van der Waals surface area contributed by atoms with Gasteiger partial charge in [0.15, 0.2) is 5.78 Å². The van der Waals surface area contributed by atoms with Crippen molar-refractivity contribution in [3.05, 3.63) is 59.5 Å². The molecule has 2 unspecified atom stereocenters. The third-order valence-corrected chi connectivity index (χ3v) is 3.48. The van der Waals surface area contributed by atoms with E-state index in [-0.39, 0.29) is 11.7 Å². The Bertz CT molecular complexity index is 539. The van der Waals surface area contributed by atoms with E-state index in [1.165, 1.54) is 5.56 Å². The lowest BCUT2D eigenvalue weighted by Gasteiger charge is -1.99. The Kier molecular flexibility index (Phi) is 2.36. The Morgan fingerprint density at radius 1 is 1.24 bits per heavy atom. The van der Waals surface area contributed by atoms with Crippen molar-refractivity contribution in [1.29, 1.82) is 0 Å². The van der Waals surface area contributed by atoms with Crippen LogP contribution in [0.25, 0.3) is 0 Å². The average Bonchev–Trinajstić information content (AvgIpc) is 3.05. The van der Waals surface area contributed by atoms with Crippen molar-refractivity contribution >= 4 is 5.78 Å². The average molecular weight is 226 g/mol. The lowest BCUT2D eigenvalue weighted by Crippen LogP contribution is -2.03. The molecule has 2 atom stereocenters. The summed E-state index contributed by atoms with van der Waals surface area (Å²) in [5, 5.41) is 0. The zero-order valence-corrected chi connectivity index (χ0v) is 9.72. The van der Waals surface area contributed by atoms with Gasteiger partial charge in [-0.1, -0.05) is 30.3 Å². The van der Waals surface area contributed by atoms with Crippen molar-refractivity contribution in [2.24, 2.45) is 5.92 Å². The van der Waals surface area contributed by atoms with Gasteiger partial charge in [0.05, 0.1) is 11.8 Å². The molecule has 0 N–H and O–H groups in total. The lowest BCUT2D eigenvalue weighted by atomic mass is 10.0. The lowest BCUT2D eigenvalue weighted by molar-refractivity contribution is 0.0963. The Labute approximate surface area is 100 Å². The molecule has 1 aromatic carbocycles. The van der Waals surface area contributed by atoms with Crippen LogP contribution in [-0.4, -0.2) is 5.78 Å². The second-order valence-corrected chi connectivity index (χ2v) is 4.61. The summed E-state index contributed by atoms with van der Waals surface area (Å²) < 4.78 is 5.18. The Morgan fingerprint density at radius 2 is 2.00 bits per heavy atom. The number of aryl methyl sites for hydroxylation is 1. The summed E-state index contributed by atoms with van der Waals surface area (Å²) in [5.41, 5.74) is 2.01. The zero-order valence-electron chi connectivity index (χ0n) is 9.72. The highest BCUT2D eigenvalue weighted by molar-refractivity contribution is 6.01. The minimum atomic E-state index is 0.147. The second-order valence-electron chi connectivity index (χ2n) is 4.61. The molecule has 2 nitrogen and oxygen atoms in total. The van der Waals surface area contributed by atoms with E-state index in [1.807, 2.05) is 25.1 Å². The standard InChI is InChI=1S/C15H14O2/c1-10-12(7-8-17-10)15(16)14-9-13(14)11-5-3-2-4-6-11/h2-8,13-14H,9H2,1H3. The van der Waals surface area contributed by atoms with Crippen LogP contribution in [0, 0.1) is 12.8 Å². The molecule has 1 aliphatic carbocycles. The van der Waals surface area contributed by atoms with Gasteiger partial charge in [0.25, 0.3) is 0 Å². The summed E-state index contributed by atoms with van der Waals surface area (Å²) in [6, 6.07) is 12.0. The third-order valence-electron chi connectivity index (χ3n) is 3.48. The van der Waals surface area contributed by atoms with Gasteiger partial charge in [-0.3, -0.25) is 4.79 Å². The molecular formula is C15H14O2. The van der Waals surface area contributed by atoms with Crippen LogP contribution in [0.1, 0.15) is 34.0 Å². The number of furan rings is 1. The molecule has 1 fully saturated rings. The first-order chi connectivity index (χ1) is 8.27. The van der Waals surface area contributed by atoms with Crippen molar-refractivity contribution in [3.8, 4) is 0 Å². The van der Waals surface area contributed by atoms with E-state index in [2.05, 4.69) is 12.1 Å². The number of hydrogen-bond acceptors (Lipinski definition) is 2. The third kappa shape index (κ3) is 1.80. The smallest absolute Gasteiger partial charge is 0.170 e. The van der Waals surface area contributed by atoms with Crippen molar-refractivity contribution in [2.75, 3.05) is 0 Å². The van der Waals surface area contributed by atoms with Crippen LogP contribution in [0.15, 0.2) is 47.1 Å². The van der Waals surface area contributed by atoms with Crippen LogP contribution in [0.2, 0.25) is 0 Å². The van der Waals surface area contributed by atoms with Crippen LogP contribution in [0.5, 0.6) is 0 Å². The summed E-state index contributed by atoms with van der Waals surface area (Å²) >= 11 is 0. The van der Waals surface area contributed by atoms with Crippen molar-refractivity contribution in [2.45, 2.75) is 19.3 Å². The van der Waals surface area contributed by atoms with Gasteiger partial charge in [0.2, 0.25) is 0 Å². The Balaban J connectivity index is 1.78. The molecule has 0 amide bonds. The zero-order chi connectivity index (χ0) is 11.8. The molecule has 1 saturated carbocycles. The molecule has 3 rings (SSSR count). The van der Waals surface area contributed by atoms with Gasteiger partial charge in [-0.25, -0.2) is 0 Å². The maximum atomic E-state index is 12.2. The predicted octanol–water partition coefficient (Wildman–Crippen LogP) is 3.57. The SMILES string of the molecule is Cc1occc1C(=O)C1CC1c1ccccc1. The minimum Gasteiger partial charge on any atom is -0.469 e. The maximum absolute atomic E-state index is 12.2. The van der Waals surface area contributed by atoms with Crippen molar-refractivity contribution < 1.29 is 9.21 Å². The van der Waals surface area contributed by atoms with Gasteiger partial charge in [-0.15, -0.1) is 0 Å². The number of hydrogen-bond donors (Lipinski definition) is 0. The number of Topliss-reactive ketones (excluding diaryl/α,β-unsaturated/α-hetero) is 1. The molecular weight excluding hydrogens is 212 g/mol. The van der Waals surface area contributed by atoms with Gasteiger partial charge in [0.1, 0.15) is 5.76 Å². The fourth-order valence-electron chi connectivity index (χ4n) is 2.39. The Morgan fingerprint density at radius 3 is 2.65 bits per heavy atom. The van der Waals surface area contributed by atoms with Gasteiger partial charge in [0, 0.05) is 5.92 Å². The molecule has 0 saturated heterocycles. The number of benzene rings is 1. The van der Waals surface area contributed by atoms with E-state index in [1.54, 1.807) is 12.3 Å². The summed E-state index contributed by atoms with van der Waals surface area (Å²) in [5.74, 6) is 1.51. The molecule has 0 spiro atoms. The first-order valence-electron chi connectivity index (χ1n) is 5.90. The van der Waals surface area contributed by atoms with E-state index in [4.69, 9.17) is 4.42 Å². The summed E-state index contributed by atoms with van der Waals surface area (Å²) in [7, 11) is 0. The number of rotatable bonds is 3. The predicted molar refractivity (Wildman–Crippen MR) is 65.1 cm³/mol. The highest BCUT2D eigenvalue weighted by Gasteiger charge is 2.44. The van der Waals surface area contributed by atoms with Gasteiger partial charge < -0.3 is 4.42 Å². The van der Waals surface area contributed by atoms with E-state index in [0.717, 1.165) is 17.7 Å². The fraction of sp³-hybridized carbons (Fsp3) is 0.267. The van der Waals surface area contributed by atoms with Gasteiger partial charge in [-0.05, 0) is 30.9 Å².